The molecule has 42 heavy (non-hydrogen) atoms. The standard InChI is InChI=1S/C38H34N4/c1-27-5-3-7-37(25-27)41(35-21-13-31(39)14-22-35)33-17-9-29(10-18-33)30-11-19-34(20-12-30)42(36-23-15-32(40)16-24-36)38-8-4-6-28(2)26-38/h3-26H,39-40H2,1-2H3. The van der Waals surface area contributed by atoms with Crippen molar-refractivity contribution >= 4 is 45.5 Å². The van der Waals surface area contributed by atoms with Crippen molar-refractivity contribution in [3.63, 3.8) is 0 Å². The van der Waals surface area contributed by atoms with Crippen LogP contribution in [0.25, 0.3) is 11.1 Å². The Morgan fingerprint density at radius 1 is 0.357 bits per heavy atom. The second-order valence-electron chi connectivity index (χ2n) is 10.6. The van der Waals surface area contributed by atoms with Gasteiger partial charge in [-0.15, -0.1) is 0 Å². The molecule has 0 aliphatic rings. The van der Waals surface area contributed by atoms with Crippen LogP contribution in [0.1, 0.15) is 11.1 Å². The van der Waals surface area contributed by atoms with Crippen LogP contribution < -0.4 is 21.3 Å². The van der Waals surface area contributed by atoms with Crippen LogP contribution in [0.2, 0.25) is 0 Å². The first-order valence-corrected chi connectivity index (χ1v) is 14.1. The molecule has 0 radical (unpaired) electrons. The summed E-state index contributed by atoms with van der Waals surface area (Å²) in [6.07, 6.45) is 0. The first-order valence-electron chi connectivity index (χ1n) is 14.1. The maximum absolute atomic E-state index is 5.99. The molecular formula is C38H34N4. The van der Waals surface area contributed by atoms with Gasteiger partial charge in [-0.1, -0.05) is 48.5 Å². The molecule has 0 aliphatic carbocycles. The van der Waals surface area contributed by atoms with E-state index in [1.807, 2.05) is 24.3 Å². The van der Waals surface area contributed by atoms with E-state index in [9.17, 15) is 0 Å². The van der Waals surface area contributed by atoms with E-state index in [1.54, 1.807) is 0 Å². The molecule has 0 amide bonds. The third-order valence-electron chi connectivity index (χ3n) is 7.41. The van der Waals surface area contributed by atoms with Crippen molar-refractivity contribution in [2.24, 2.45) is 0 Å². The van der Waals surface area contributed by atoms with Crippen molar-refractivity contribution in [1.82, 2.24) is 0 Å². The summed E-state index contributed by atoms with van der Waals surface area (Å²) < 4.78 is 0. The van der Waals surface area contributed by atoms with Gasteiger partial charge in [-0.2, -0.15) is 0 Å². The van der Waals surface area contributed by atoms with Gasteiger partial charge >= 0.3 is 0 Å². The predicted octanol–water partition coefficient (Wildman–Crippen LogP) is 10.1. The number of nitrogens with two attached hydrogens (primary N) is 2. The first-order chi connectivity index (χ1) is 20.4. The largest absolute Gasteiger partial charge is 0.399 e. The topological polar surface area (TPSA) is 58.5 Å². The molecule has 0 atom stereocenters. The van der Waals surface area contributed by atoms with Crippen LogP contribution in [0, 0.1) is 13.8 Å². The van der Waals surface area contributed by atoms with Crippen molar-refractivity contribution in [2.45, 2.75) is 13.8 Å². The molecular weight excluding hydrogens is 512 g/mol. The molecule has 0 aromatic heterocycles. The number of aryl methyl sites for hydroxylation is 2. The third-order valence-corrected chi connectivity index (χ3v) is 7.41. The lowest BCUT2D eigenvalue weighted by Crippen LogP contribution is -2.10. The Kier molecular flexibility index (Phi) is 7.35. The van der Waals surface area contributed by atoms with Crippen molar-refractivity contribution in [2.75, 3.05) is 21.3 Å². The highest BCUT2D eigenvalue weighted by Crippen LogP contribution is 2.38. The summed E-state index contributed by atoms with van der Waals surface area (Å²) in [6.45, 7) is 4.23. The molecule has 6 aromatic rings. The summed E-state index contributed by atoms with van der Waals surface area (Å²) >= 11 is 0. The van der Waals surface area contributed by atoms with E-state index in [4.69, 9.17) is 11.5 Å². The molecule has 4 nitrogen and oxygen atoms in total. The number of nitrogen functional groups attached to an aromatic ring is 2. The van der Waals surface area contributed by atoms with E-state index >= 15 is 0 Å². The van der Waals surface area contributed by atoms with Gasteiger partial charge < -0.3 is 21.3 Å². The molecule has 6 aromatic carbocycles. The predicted molar refractivity (Wildman–Crippen MR) is 180 cm³/mol. The van der Waals surface area contributed by atoms with Crippen LogP contribution in [0.15, 0.2) is 146 Å². The van der Waals surface area contributed by atoms with Crippen LogP contribution in [0.5, 0.6) is 0 Å². The Balaban J connectivity index is 1.32. The number of benzene rings is 6. The van der Waals surface area contributed by atoms with E-state index in [-0.39, 0.29) is 0 Å². The minimum absolute atomic E-state index is 0.749. The number of hydrogen-bond acceptors (Lipinski definition) is 4. The second kappa shape index (κ2) is 11.6. The monoisotopic (exact) mass is 546 g/mol. The van der Waals surface area contributed by atoms with Crippen LogP contribution in [0.4, 0.5) is 45.5 Å². The molecule has 0 saturated carbocycles. The molecule has 0 heterocycles. The van der Waals surface area contributed by atoms with Crippen molar-refractivity contribution in [3.8, 4) is 11.1 Å². The SMILES string of the molecule is Cc1cccc(N(c2ccc(N)cc2)c2ccc(-c3ccc(N(c4ccc(N)cc4)c4cccc(C)c4)cc3)cc2)c1. The summed E-state index contributed by atoms with van der Waals surface area (Å²) in [5.41, 5.74) is 24.7. The maximum Gasteiger partial charge on any atom is 0.0464 e. The normalized spacial score (nSPS) is 10.8. The van der Waals surface area contributed by atoms with Crippen molar-refractivity contribution in [1.29, 1.82) is 0 Å². The van der Waals surface area contributed by atoms with Crippen LogP contribution in [0.3, 0.4) is 0 Å². The van der Waals surface area contributed by atoms with Crippen molar-refractivity contribution < 1.29 is 0 Å². The van der Waals surface area contributed by atoms with Crippen LogP contribution in [-0.4, -0.2) is 0 Å². The number of hydrogen-bond donors (Lipinski definition) is 2. The van der Waals surface area contributed by atoms with E-state index in [1.165, 1.54) is 11.1 Å². The summed E-state index contributed by atoms with van der Waals surface area (Å²) in [5, 5.41) is 0. The smallest absolute Gasteiger partial charge is 0.0464 e. The van der Waals surface area contributed by atoms with E-state index < -0.39 is 0 Å². The lowest BCUT2D eigenvalue weighted by atomic mass is 10.0. The van der Waals surface area contributed by atoms with E-state index in [0.29, 0.717) is 0 Å². The van der Waals surface area contributed by atoms with Gasteiger partial charge in [0.25, 0.3) is 0 Å². The Hall–Kier alpha value is -5.48. The van der Waals surface area contributed by atoms with E-state index in [2.05, 4.69) is 145 Å². The Morgan fingerprint density at radius 3 is 0.976 bits per heavy atom. The van der Waals surface area contributed by atoms with Gasteiger partial charge in [0.05, 0.1) is 0 Å². The lowest BCUT2D eigenvalue weighted by Gasteiger charge is -2.26. The highest BCUT2D eigenvalue weighted by Gasteiger charge is 2.15. The van der Waals surface area contributed by atoms with Gasteiger partial charge in [0.15, 0.2) is 0 Å². The van der Waals surface area contributed by atoms with Gasteiger partial charge in [-0.3, -0.25) is 0 Å². The van der Waals surface area contributed by atoms with Gasteiger partial charge in [-0.05, 0) is 133 Å². The number of rotatable bonds is 7. The Bertz CT molecular complexity index is 1650. The summed E-state index contributed by atoms with van der Waals surface area (Å²) in [5.74, 6) is 0. The minimum atomic E-state index is 0.749. The Morgan fingerprint density at radius 2 is 0.667 bits per heavy atom. The molecule has 4 heteroatoms. The second-order valence-corrected chi connectivity index (χ2v) is 10.6. The van der Waals surface area contributed by atoms with Crippen LogP contribution >= 0.6 is 0 Å². The fourth-order valence-electron chi connectivity index (χ4n) is 5.28. The van der Waals surface area contributed by atoms with Crippen molar-refractivity contribution in [3.05, 3.63) is 157 Å². The fraction of sp³-hybridized carbons (Fsp3) is 0.0526. The zero-order valence-corrected chi connectivity index (χ0v) is 23.9. The number of anilines is 8. The first kappa shape index (κ1) is 26.7. The molecule has 4 N–H and O–H groups in total. The molecule has 6 rings (SSSR count). The van der Waals surface area contributed by atoms with Gasteiger partial charge in [0.1, 0.15) is 0 Å². The summed E-state index contributed by atoms with van der Waals surface area (Å²) in [6, 6.07) is 50.5. The van der Waals surface area contributed by atoms with Gasteiger partial charge in [0.2, 0.25) is 0 Å². The molecule has 0 fully saturated rings. The molecule has 0 aliphatic heterocycles. The minimum Gasteiger partial charge on any atom is -0.399 e. The van der Waals surface area contributed by atoms with E-state index in [0.717, 1.165) is 56.6 Å². The molecule has 0 unspecified atom stereocenters. The third kappa shape index (κ3) is 5.70. The number of nitrogens with zero attached hydrogens (tertiary/aromatic N) is 2. The summed E-state index contributed by atoms with van der Waals surface area (Å²) in [7, 11) is 0. The van der Waals surface area contributed by atoms with Gasteiger partial charge in [-0.25, -0.2) is 0 Å². The quantitative estimate of drug-likeness (QED) is 0.196. The lowest BCUT2D eigenvalue weighted by molar-refractivity contribution is 1.27. The Labute approximate surface area is 248 Å². The maximum atomic E-state index is 5.99. The van der Waals surface area contributed by atoms with Crippen LogP contribution in [-0.2, 0) is 0 Å². The molecule has 0 bridgehead atoms. The molecule has 206 valence electrons. The highest BCUT2D eigenvalue weighted by molar-refractivity contribution is 5.81. The molecule has 0 saturated heterocycles. The van der Waals surface area contributed by atoms with Gasteiger partial charge in [0, 0.05) is 45.5 Å². The molecule has 0 spiro atoms. The summed E-state index contributed by atoms with van der Waals surface area (Å²) in [4.78, 5) is 4.51. The highest BCUT2D eigenvalue weighted by atomic mass is 15.1. The average molecular weight is 547 g/mol. The zero-order chi connectivity index (χ0) is 29.1. The fourth-order valence-corrected chi connectivity index (χ4v) is 5.28. The average Bonchev–Trinajstić information content (AvgIpc) is 3.00. The zero-order valence-electron chi connectivity index (χ0n) is 23.9.